The van der Waals surface area contributed by atoms with Crippen LogP contribution in [-0.2, 0) is 9.59 Å². The fourth-order valence-electron chi connectivity index (χ4n) is 2.12. The Hall–Kier alpha value is -1.40. The van der Waals surface area contributed by atoms with E-state index in [4.69, 9.17) is 10.8 Å². The molecule has 3 atom stereocenters. The van der Waals surface area contributed by atoms with Crippen molar-refractivity contribution in [1.82, 2.24) is 10.6 Å². The molecule has 0 aromatic rings. The first-order valence-corrected chi connectivity index (χ1v) is 6.15. The van der Waals surface area contributed by atoms with Crippen LogP contribution in [0.2, 0.25) is 0 Å². The third-order valence-corrected chi connectivity index (χ3v) is 2.96. The summed E-state index contributed by atoms with van der Waals surface area (Å²) in [5, 5.41) is 15.0. The number of rotatable bonds is 5. The summed E-state index contributed by atoms with van der Waals surface area (Å²) in [5.41, 5.74) is 6.26. The van der Waals surface area contributed by atoms with Crippen LogP contribution < -0.4 is 16.4 Å². The highest BCUT2D eigenvalue weighted by Crippen LogP contribution is 2.18. The molecule has 1 amide bonds. The lowest BCUT2D eigenvalue weighted by Gasteiger charge is -2.35. The van der Waals surface area contributed by atoms with E-state index in [0.717, 1.165) is 13.0 Å². The molecule has 1 rings (SSSR count). The molecule has 0 aromatic heterocycles. The minimum absolute atomic E-state index is 0.161. The zero-order valence-electron chi connectivity index (χ0n) is 10.8. The summed E-state index contributed by atoms with van der Waals surface area (Å²) < 4.78 is 0. The molecular formula is C12H21N3O3. The van der Waals surface area contributed by atoms with Gasteiger partial charge < -0.3 is 21.5 Å². The molecule has 0 aliphatic heterocycles. The van der Waals surface area contributed by atoms with Gasteiger partial charge in [-0.05, 0) is 19.4 Å². The van der Waals surface area contributed by atoms with E-state index in [1.165, 1.54) is 6.92 Å². The maximum atomic E-state index is 11.2. The molecule has 0 heterocycles. The van der Waals surface area contributed by atoms with Crippen LogP contribution >= 0.6 is 0 Å². The van der Waals surface area contributed by atoms with Gasteiger partial charge in [0.1, 0.15) is 0 Å². The lowest BCUT2D eigenvalue weighted by atomic mass is 9.87. The molecule has 6 heteroatoms. The lowest BCUT2D eigenvalue weighted by Crippen LogP contribution is -2.59. The van der Waals surface area contributed by atoms with Crippen molar-refractivity contribution in [2.24, 2.45) is 5.73 Å². The second-order valence-electron chi connectivity index (χ2n) is 4.57. The molecule has 102 valence electrons. The van der Waals surface area contributed by atoms with Crippen molar-refractivity contribution in [2.75, 3.05) is 6.54 Å². The van der Waals surface area contributed by atoms with Crippen molar-refractivity contribution < 1.29 is 14.7 Å². The number of carbonyl (C=O) groups excluding carboxylic acids is 1. The second-order valence-corrected chi connectivity index (χ2v) is 4.57. The highest BCUT2D eigenvalue weighted by molar-refractivity contribution is 5.87. The zero-order chi connectivity index (χ0) is 13.7. The van der Waals surface area contributed by atoms with E-state index in [0.29, 0.717) is 5.57 Å². The fraction of sp³-hybridized carbons (Fsp3) is 0.667. The van der Waals surface area contributed by atoms with Crippen molar-refractivity contribution in [3.63, 3.8) is 0 Å². The van der Waals surface area contributed by atoms with Crippen LogP contribution in [0.25, 0.3) is 0 Å². The molecule has 1 aliphatic carbocycles. The molecule has 5 N–H and O–H groups in total. The van der Waals surface area contributed by atoms with Gasteiger partial charge in [0.2, 0.25) is 5.91 Å². The van der Waals surface area contributed by atoms with Crippen LogP contribution in [0.15, 0.2) is 11.6 Å². The maximum absolute atomic E-state index is 11.2. The van der Waals surface area contributed by atoms with E-state index in [-0.39, 0.29) is 30.5 Å². The van der Waals surface area contributed by atoms with Gasteiger partial charge in [0.15, 0.2) is 0 Å². The Morgan fingerprint density at radius 3 is 2.72 bits per heavy atom. The van der Waals surface area contributed by atoms with Gasteiger partial charge in [-0.25, -0.2) is 4.79 Å². The van der Waals surface area contributed by atoms with E-state index in [9.17, 15) is 9.59 Å². The molecule has 0 saturated heterocycles. The molecule has 0 saturated carbocycles. The van der Waals surface area contributed by atoms with E-state index in [2.05, 4.69) is 10.6 Å². The maximum Gasteiger partial charge on any atom is 0.331 e. The van der Waals surface area contributed by atoms with Crippen molar-refractivity contribution in [1.29, 1.82) is 0 Å². The Bertz CT molecular complexity index is 354. The molecule has 0 radical (unpaired) electrons. The highest BCUT2D eigenvalue weighted by atomic mass is 16.4. The zero-order valence-corrected chi connectivity index (χ0v) is 10.8. The monoisotopic (exact) mass is 255 g/mol. The molecule has 18 heavy (non-hydrogen) atoms. The number of nitrogens with two attached hydrogens (primary N) is 1. The summed E-state index contributed by atoms with van der Waals surface area (Å²) in [4.78, 5) is 22.2. The van der Waals surface area contributed by atoms with Crippen molar-refractivity contribution in [3.8, 4) is 0 Å². The molecule has 0 aromatic carbocycles. The minimum Gasteiger partial charge on any atom is -0.478 e. The van der Waals surface area contributed by atoms with Crippen molar-refractivity contribution in [3.05, 3.63) is 11.6 Å². The van der Waals surface area contributed by atoms with Gasteiger partial charge in [0.25, 0.3) is 0 Å². The molecule has 0 bridgehead atoms. The van der Waals surface area contributed by atoms with Gasteiger partial charge >= 0.3 is 5.97 Å². The van der Waals surface area contributed by atoms with Gasteiger partial charge in [0, 0.05) is 24.6 Å². The third kappa shape index (κ3) is 3.82. The quantitative estimate of drug-likeness (QED) is 0.535. The first-order chi connectivity index (χ1) is 8.45. The van der Waals surface area contributed by atoms with Crippen LogP contribution in [0.1, 0.15) is 26.7 Å². The Morgan fingerprint density at radius 1 is 1.56 bits per heavy atom. The van der Waals surface area contributed by atoms with Crippen LogP contribution in [0.3, 0.4) is 0 Å². The number of carbonyl (C=O) groups is 2. The smallest absolute Gasteiger partial charge is 0.331 e. The van der Waals surface area contributed by atoms with E-state index in [1.807, 2.05) is 6.92 Å². The Balaban J connectivity index is 2.87. The summed E-state index contributed by atoms with van der Waals surface area (Å²) in [6.07, 6.45) is 2.85. The van der Waals surface area contributed by atoms with Crippen LogP contribution in [0.4, 0.5) is 0 Å². The normalized spacial score (nSPS) is 27.5. The number of hydrogen-bond acceptors (Lipinski definition) is 4. The third-order valence-electron chi connectivity index (χ3n) is 2.96. The van der Waals surface area contributed by atoms with Gasteiger partial charge in [-0.3, -0.25) is 4.79 Å². The average molecular weight is 255 g/mol. The summed E-state index contributed by atoms with van der Waals surface area (Å²) in [5.74, 6) is -1.11. The predicted octanol–water partition coefficient (Wildman–Crippen LogP) is -0.399. The van der Waals surface area contributed by atoms with Gasteiger partial charge in [-0.2, -0.15) is 0 Å². The Labute approximate surface area is 107 Å². The molecule has 0 unspecified atom stereocenters. The summed E-state index contributed by atoms with van der Waals surface area (Å²) in [7, 11) is 0. The van der Waals surface area contributed by atoms with E-state index < -0.39 is 5.97 Å². The van der Waals surface area contributed by atoms with Crippen molar-refractivity contribution >= 4 is 11.9 Å². The summed E-state index contributed by atoms with van der Waals surface area (Å²) >= 11 is 0. The summed E-state index contributed by atoms with van der Waals surface area (Å²) in [6, 6.07) is -0.889. The fourth-order valence-corrected chi connectivity index (χ4v) is 2.12. The molecule has 6 nitrogen and oxygen atoms in total. The SMILES string of the molecule is CCCN[C@@H]1C=C(C(=O)O)C[C@@H](N)[C@H]1NC(C)=O. The largest absolute Gasteiger partial charge is 0.478 e. The first kappa shape index (κ1) is 14.7. The van der Waals surface area contributed by atoms with Crippen LogP contribution in [0.5, 0.6) is 0 Å². The van der Waals surface area contributed by atoms with Gasteiger partial charge in [-0.15, -0.1) is 0 Å². The van der Waals surface area contributed by atoms with E-state index in [1.54, 1.807) is 6.08 Å². The second kappa shape index (κ2) is 6.51. The van der Waals surface area contributed by atoms with Crippen LogP contribution in [-0.4, -0.2) is 41.7 Å². The number of carboxylic acid groups (broad SMARTS) is 1. The number of hydrogen-bond donors (Lipinski definition) is 4. The topological polar surface area (TPSA) is 104 Å². The standard InChI is InChI=1S/C12H21N3O3/c1-3-4-14-10-6-8(12(17)18)5-9(13)11(10)15-7(2)16/h6,9-11,14H,3-5,13H2,1-2H3,(H,15,16)(H,17,18)/t9-,10-,11-/m1/s1. The number of aliphatic carboxylic acids is 1. The van der Waals surface area contributed by atoms with Gasteiger partial charge in [0.05, 0.1) is 6.04 Å². The summed E-state index contributed by atoms with van der Waals surface area (Å²) in [6.45, 7) is 4.20. The Morgan fingerprint density at radius 2 is 2.22 bits per heavy atom. The highest BCUT2D eigenvalue weighted by Gasteiger charge is 2.33. The van der Waals surface area contributed by atoms with E-state index >= 15 is 0 Å². The van der Waals surface area contributed by atoms with Crippen LogP contribution in [0, 0.1) is 0 Å². The molecule has 1 aliphatic rings. The molecular weight excluding hydrogens is 234 g/mol. The number of amides is 1. The van der Waals surface area contributed by atoms with Gasteiger partial charge in [-0.1, -0.05) is 13.0 Å². The molecule has 0 fully saturated rings. The first-order valence-electron chi connectivity index (χ1n) is 6.15. The minimum atomic E-state index is -0.949. The Kier molecular flexibility index (Phi) is 5.30. The number of carboxylic acids is 1. The lowest BCUT2D eigenvalue weighted by molar-refractivity contribution is -0.133. The predicted molar refractivity (Wildman–Crippen MR) is 68.0 cm³/mol. The van der Waals surface area contributed by atoms with Crippen molar-refractivity contribution in [2.45, 2.75) is 44.8 Å². The number of nitrogens with one attached hydrogen (secondary N) is 2. The molecule has 0 spiro atoms. The average Bonchev–Trinajstić information content (AvgIpc) is 2.28.